The molecule has 0 aliphatic carbocycles. The lowest BCUT2D eigenvalue weighted by molar-refractivity contribution is -0.0341. The Morgan fingerprint density at radius 1 is 1.24 bits per heavy atom. The van der Waals surface area contributed by atoms with Crippen LogP contribution in [-0.4, -0.2) is 34.4 Å². The van der Waals surface area contributed by atoms with Crippen molar-refractivity contribution in [1.29, 1.82) is 0 Å². The second-order valence-corrected chi connectivity index (χ2v) is 7.30. The molecule has 1 atom stereocenters. The molecule has 1 aliphatic heterocycles. The maximum Gasteiger partial charge on any atom is 0.413 e. The topological polar surface area (TPSA) is 71.6 Å². The van der Waals surface area contributed by atoms with Crippen molar-refractivity contribution in [3.63, 3.8) is 0 Å². The monoisotopic (exact) mass is 344 g/mol. The first kappa shape index (κ1) is 17.3. The molecule has 6 nitrogen and oxygen atoms in total. The number of aromatic amines is 1. The third kappa shape index (κ3) is 4.13. The molecular weight excluding hydrogens is 320 g/mol. The lowest BCUT2D eigenvalue weighted by Gasteiger charge is -2.36. The van der Waals surface area contributed by atoms with E-state index >= 15 is 0 Å². The van der Waals surface area contributed by atoms with E-state index in [2.05, 4.69) is 4.98 Å². The summed E-state index contributed by atoms with van der Waals surface area (Å²) >= 11 is 0. The lowest BCUT2D eigenvalue weighted by Crippen LogP contribution is -2.48. The molecule has 0 spiro atoms. The van der Waals surface area contributed by atoms with Crippen LogP contribution in [0.3, 0.4) is 0 Å². The summed E-state index contributed by atoms with van der Waals surface area (Å²) in [6.07, 6.45) is 3.59. The number of benzene rings is 1. The molecule has 1 N–H and O–H groups in total. The van der Waals surface area contributed by atoms with Gasteiger partial charge in [0.15, 0.2) is 6.23 Å². The number of likely N-dealkylation sites (tertiary alicyclic amines) is 1. The van der Waals surface area contributed by atoms with Crippen molar-refractivity contribution in [2.45, 2.75) is 51.9 Å². The van der Waals surface area contributed by atoms with E-state index in [-0.39, 0.29) is 17.9 Å². The van der Waals surface area contributed by atoms with Gasteiger partial charge in [-0.25, -0.2) is 4.79 Å². The Balaban J connectivity index is 1.79. The van der Waals surface area contributed by atoms with Gasteiger partial charge < -0.3 is 14.5 Å². The number of carbonyl (C=O) groups is 1. The smallest absolute Gasteiger partial charge is 0.413 e. The molecule has 2 aromatic rings. The Bertz CT molecular complexity index is 822. The molecular formula is C19H24N2O4. The SMILES string of the molecule is CC(C)(C)OC(=O)N1CCCCC1Oc1ccc2c(=O)[nH]ccc2c1. The number of pyridine rings is 1. The Hall–Kier alpha value is -2.50. The van der Waals surface area contributed by atoms with E-state index in [9.17, 15) is 9.59 Å². The first-order chi connectivity index (χ1) is 11.8. The van der Waals surface area contributed by atoms with Crippen LogP contribution in [-0.2, 0) is 4.74 Å². The van der Waals surface area contributed by atoms with Gasteiger partial charge in [0.25, 0.3) is 5.56 Å². The van der Waals surface area contributed by atoms with Crippen molar-refractivity contribution >= 4 is 16.9 Å². The molecule has 2 heterocycles. The maximum absolute atomic E-state index is 12.4. The molecule has 6 heteroatoms. The van der Waals surface area contributed by atoms with Gasteiger partial charge >= 0.3 is 6.09 Å². The summed E-state index contributed by atoms with van der Waals surface area (Å²) in [5.41, 5.74) is -0.666. The van der Waals surface area contributed by atoms with Crippen LogP contribution < -0.4 is 10.3 Å². The van der Waals surface area contributed by atoms with Gasteiger partial charge in [0.2, 0.25) is 0 Å². The average Bonchev–Trinajstić information content (AvgIpc) is 2.54. The molecule has 0 bridgehead atoms. The molecule has 1 saturated heterocycles. The van der Waals surface area contributed by atoms with Crippen LogP contribution >= 0.6 is 0 Å². The number of nitrogens with one attached hydrogen (secondary N) is 1. The number of ether oxygens (including phenoxy) is 2. The Kier molecular flexibility index (Phi) is 4.70. The third-order valence-corrected chi connectivity index (χ3v) is 4.09. The first-order valence-corrected chi connectivity index (χ1v) is 8.61. The van der Waals surface area contributed by atoms with E-state index in [1.54, 1.807) is 23.2 Å². The molecule has 3 rings (SSSR count). The van der Waals surface area contributed by atoms with Gasteiger partial charge in [-0.1, -0.05) is 0 Å². The van der Waals surface area contributed by atoms with Crippen molar-refractivity contribution in [2.75, 3.05) is 6.54 Å². The molecule has 1 amide bonds. The van der Waals surface area contributed by atoms with Gasteiger partial charge in [-0.3, -0.25) is 9.69 Å². The van der Waals surface area contributed by atoms with Gasteiger partial charge in [0.1, 0.15) is 11.4 Å². The van der Waals surface area contributed by atoms with E-state index in [1.807, 2.05) is 32.9 Å². The highest BCUT2D eigenvalue weighted by atomic mass is 16.6. The third-order valence-electron chi connectivity index (χ3n) is 4.09. The normalized spacial score (nSPS) is 18.2. The van der Waals surface area contributed by atoms with Crippen molar-refractivity contribution in [3.8, 4) is 5.75 Å². The number of carbonyl (C=O) groups excluding carboxylic acids is 1. The molecule has 1 fully saturated rings. The fourth-order valence-electron chi connectivity index (χ4n) is 2.95. The van der Waals surface area contributed by atoms with E-state index in [4.69, 9.17) is 9.47 Å². The first-order valence-electron chi connectivity index (χ1n) is 8.61. The zero-order chi connectivity index (χ0) is 18.0. The van der Waals surface area contributed by atoms with Crippen LogP contribution in [0.2, 0.25) is 0 Å². The van der Waals surface area contributed by atoms with Crippen LogP contribution in [0.4, 0.5) is 4.79 Å². The standard InChI is InChI=1S/C19H24N2O4/c1-19(2,3)25-18(23)21-11-5-4-6-16(21)24-14-7-8-15-13(12-14)9-10-20-17(15)22/h7-10,12,16H,4-6,11H2,1-3H3,(H,20,22). The maximum atomic E-state index is 12.4. The summed E-state index contributed by atoms with van der Waals surface area (Å²) in [6, 6.07) is 7.16. The molecule has 0 saturated carbocycles. The summed E-state index contributed by atoms with van der Waals surface area (Å²) in [4.78, 5) is 28.5. The Labute approximate surface area is 146 Å². The van der Waals surface area contributed by atoms with Gasteiger partial charge in [0, 0.05) is 24.5 Å². The minimum atomic E-state index is -0.539. The molecule has 25 heavy (non-hydrogen) atoms. The summed E-state index contributed by atoms with van der Waals surface area (Å²) in [6.45, 7) is 6.18. The molecule has 1 aromatic heterocycles. The minimum Gasteiger partial charge on any atom is -0.470 e. The highest BCUT2D eigenvalue weighted by molar-refractivity contribution is 5.82. The zero-order valence-corrected chi connectivity index (χ0v) is 14.9. The minimum absolute atomic E-state index is 0.128. The van der Waals surface area contributed by atoms with Gasteiger partial charge in [-0.2, -0.15) is 0 Å². The number of amides is 1. The number of nitrogens with zero attached hydrogens (tertiary/aromatic N) is 1. The number of hydrogen-bond donors (Lipinski definition) is 1. The van der Waals surface area contributed by atoms with E-state index in [0.29, 0.717) is 17.7 Å². The van der Waals surface area contributed by atoms with Crippen LogP contribution in [0.5, 0.6) is 5.75 Å². The highest BCUT2D eigenvalue weighted by Crippen LogP contribution is 2.25. The predicted molar refractivity (Wildman–Crippen MR) is 95.8 cm³/mol. The van der Waals surface area contributed by atoms with Crippen LogP contribution in [0.1, 0.15) is 40.0 Å². The molecule has 1 aromatic carbocycles. The number of piperidine rings is 1. The van der Waals surface area contributed by atoms with Gasteiger partial charge in [-0.05, 0) is 63.3 Å². The highest BCUT2D eigenvalue weighted by Gasteiger charge is 2.31. The second kappa shape index (κ2) is 6.78. The van der Waals surface area contributed by atoms with Gasteiger partial charge in [-0.15, -0.1) is 0 Å². The Morgan fingerprint density at radius 2 is 2.04 bits per heavy atom. The number of rotatable bonds is 2. The molecule has 134 valence electrons. The fourth-order valence-corrected chi connectivity index (χ4v) is 2.95. The summed E-state index contributed by atoms with van der Waals surface area (Å²) < 4.78 is 11.6. The van der Waals surface area contributed by atoms with E-state index in [1.165, 1.54) is 0 Å². The largest absolute Gasteiger partial charge is 0.470 e. The number of aromatic nitrogens is 1. The zero-order valence-electron chi connectivity index (χ0n) is 14.9. The van der Waals surface area contributed by atoms with Crippen LogP contribution in [0.15, 0.2) is 35.3 Å². The van der Waals surface area contributed by atoms with Crippen LogP contribution in [0.25, 0.3) is 10.8 Å². The molecule has 1 aliphatic rings. The van der Waals surface area contributed by atoms with E-state index < -0.39 is 5.60 Å². The summed E-state index contributed by atoms with van der Waals surface area (Å²) in [5.74, 6) is 0.638. The average molecular weight is 344 g/mol. The van der Waals surface area contributed by atoms with Crippen LogP contribution in [0, 0.1) is 0 Å². The van der Waals surface area contributed by atoms with Crippen molar-refractivity contribution in [3.05, 3.63) is 40.8 Å². The Morgan fingerprint density at radius 3 is 2.80 bits per heavy atom. The van der Waals surface area contributed by atoms with Gasteiger partial charge in [0.05, 0.1) is 0 Å². The van der Waals surface area contributed by atoms with Crippen molar-refractivity contribution < 1.29 is 14.3 Å². The fraction of sp³-hybridized carbons (Fsp3) is 0.474. The summed E-state index contributed by atoms with van der Waals surface area (Å²) in [7, 11) is 0. The number of H-pyrrole nitrogens is 1. The molecule has 1 unspecified atom stereocenters. The second-order valence-electron chi connectivity index (χ2n) is 7.30. The number of fused-ring (bicyclic) bond motifs is 1. The summed E-state index contributed by atoms with van der Waals surface area (Å²) in [5, 5.41) is 1.42. The lowest BCUT2D eigenvalue weighted by atomic mass is 10.1. The quantitative estimate of drug-likeness (QED) is 0.902. The number of hydrogen-bond acceptors (Lipinski definition) is 4. The van der Waals surface area contributed by atoms with E-state index in [0.717, 1.165) is 24.6 Å². The predicted octanol–water partition coefficient (Wildman–Crippen LogP) is 3.65. The van der Waals surface area contributed by atoms with Crippen molar-refractivity contribution in [2.24, 2.45) is 0 Å². The van der Waals surface area contributed by atoms with Crippen molar-refractivity contribution in [1.82, 2.24) is 9.88 Å². The molecule has 0 radical (unpaired) electrons.